The molecule has 0 fully saturated rings. The molecule has 0 amide bonds. The minimum atomic E-state index is 0.523. The standard InChI is InChI=1S/C19H17BrN4O/c1-12-19(15-5-6-16(9-21)17(8-15)25-3)13(2)24(23-12)11-14-4-7-18(20)22-10-14/h4-8,10H,11H2,1-3H3. The molecule has 0 aliphatic heterocycles. The number of nitriles is 1. The number of aryl methyl sites for hydroxylation is 1. The minimum Gasteiger partial charge on any atom is -0.495 e. The summed E-state index contributed by atoms with van der Waals surface area (Å²) in [5.74, 6) is 0.573. The molecule has 1 aromatic carbocycles. The zero-order valence-corrected chi connectivity index (χ0v) is 15.8. The predicted molar refractivity (Wildman–Crippen MR) is 99.4 cm³/mol. The molecular formula is C19H17BrN4O. The lowest BCUT2D eigenvalue weighted by atomic mass is 10.0. The van der Waals surface area contributed by atoms with Crippen molar-refractivity contribution in [2.45, 2.75) is 20.4 Å². The van der Waals surface area contributed by atoms with Crippen LogP contribution in [0.15, 0.2) is 41.1 Å². The first-order valence-electron chi connectivity index (χ1n) is 7.76. The molecule has 0 aliphatic rings. The second-order valence-electron chi connectivity index (χ2n) is 5.72. The monoisotopic (exact) mass is 396 g/mol. The Morgan fingerprint density at radius 3 is 2.68 bits per heavy atom. The van der Waals surface area contributed by atoms with E-state index in [1.807, 2.05) is 49.0 Å². The van der Waals surface area contributed by atoms with Gasteiger partial charge in [-0.1, -0.05) is 12.1 Å². The number of hydrogen-bond acceptors (Lipinski definition) is 4. The summed E-state index contributed by atoms with van der Waals surface area (Å²) in [7, 11) is 1.57. The number of halogens is 1. The SMILES string of the molecule is COc1cc(-c2c(C)nn(Cc3ccc(Br)nc3)c2C)ccc1C#N. The predicted octanol–water partition coefficient (Wildman–Crippen LogP) is 4.25. The van der Waals surface area contributed by atoms with Crippen LogP contribution in [0.3, 0.4) is 0 Å². The summed E-state index contributed by atoms with van der Waals surface area (Å²) in [5.41, 5.74) is 5.66. The molecule has 2 aromatic heterocycles. The third-order valence-electron chi connectivity index (χ3n) is 4.11. The van der Waals surface area contributed by atoms with Crippen LogP contribution in [0.25, 0.3) is 11.1 Å². The lowest BCUT2D eigenvalue weighted by molar-refractivity contribution is 0.413. The Balaban J connectivity index is 2.00. The van der Waals surface area contributed by atoms with E-state index in [1.54, 1.807) is 13.2 Å². The van der Waals surface area contributed by atoms with Crippen molar-refractivity contribution in [1.82, 2.24) is 14.8 Å². The molecule has 0 radical (unpaired) electrons. The molecule has 25 heavy (non-hydrogen) atoms. The van der Waals surface area contributed by atoms with Crippen molar-refractivity contribution in [2.24, 2.45) is 0 Å². The van der Waals surface area contributed by atoms with Crippen LogP contribution in [0, 0.1) is 25.2 Å². The van der Waals surface area contributed by atoms with E-state index in [9.17, 15) is 0 Å². The van der Waals surface area contributed by atoms with Crippen molar-refractivity contribution in [1.29, 1.82) is 5.26 Å². The number of rotatable bonds is 4. The number of benzene rings is 1. The van der Waals surface area contributed by atoms with Crippen LogP contribution in [0.4, 0.5) is 0 Å². The van der Waals surface area contributed by atoms with Gasteiger partial charge >= 0.3 is 0 Å². The molecule has 5 nitrogen and oxygen atoms in total. The summed E-state index contributed by atoms with van der Waals surface area (Å²) in [6.07, 6.45) is 1.84. The van der Waals surface area contributed by atoms with Gasteiger partial charge in [-0.15, -0.1) is 0 Å². The lowest BCUT2D eigenvalue weighted by Crippen LogP contribution is -2.04. The van der Waals surface area contributed by atoms with Crippen LogP contribution in [-0.2, 0) is 6.54 Å². The number of ether oxygens (including phenoxy) is 1. The Hall–Kier alpha value is -2.65. The van der Waals surface area contributed by atoms with Gasteiger partial charge < -0.3 is 4.74 Å². The minimum absolute atomic E-state index is 0.523. The van der Waals surface area contributed by atoms with E-state index in [2.05, 4.69) is 32.1 Å². The third kappa shape index (κ3) is 3.42. The number of hydrogen-bond donors (Lipinski definition) is 0. The highest BCUT2D eigenvalue weighted by Gasteiger charge is 2.15. The fraction of sp³-hybridized carbons (Fsp3) is 0.211. The second-order valence-corrected chi connectivity index (χ2v) is 6.53. The van der Waals surface area contributed by atoms with E-state index in [0.717, 1.165) is 32.7 Å². The Kier molecular flexibility index (Phi) is 4.86. The van der Waals surface area contributed by atoms with Gasteiger partial charge in [-0.25, -0.2) is 4.98 Å². The molecule has 0 bridgehead atoms. The van der Waals surface area contributed by atoms with Crippen molar-refractivity contribution < 1.29 is 4.74 Å². The van der Waals surface area contributed by atoms with Crippen molar-refractivity contribution in [3.63, 3.8) is 0 Å². The topological polar surface area (TPSA) is 63.7 Å². The van der Waals surface area contributed by atoms with Crippen LogP contribution >= 0.6 is 15.9 Å². The van der Waals surface area contributed by atoms with Crippen molar-refractivity contribution in [2.75, 3.05) is 7.11 Å². The van der Waals surface area contributed by atoms with Gasteiger partial charge in [0.1, 0.15) is 16.4 Å². The first-order valence-corrected chi connectivity index (χ1v) is 8.55. The fourth-order valence-corrected chi connectivity index (χ4v) is 3.12. The molecule has 0 saturated carbocycles. The number of pyridine rings is 1. The van der Waals surface area contributed by atoms with Gasteiger partial charge in [0.2, 0.25) is 0 Å². The number of methoxy groups -OCH3 is 1. The highest BCUT2D eigenvalue weighted by Crippen LogP contribution is 2.31. The van der Waals surface area contributed by atoms with Gasteiger partial charge in [-0.2, -0.15) is 10.4 Å². The molecule has 0 unspecified atom stereocenters. The summed E-state index contributed by atoms with van der Waals surface area (Å²) in [4.78, 5) is 4.26. The first kappa shape index (κ1) is 17.2. The molecule has 0 atom stereocenters. The van der Waals surface area contributed by atoms with Crippen LogP contribution in [-0.4, -0.2) is 21.9 Å². The van der Waals surface area contributed by atoms with Crippen LogP contribution in [0.2, 0.25) is 0 Å². The third-order valence-corrected chi connectivity index (χ3v) is 4.58. The average molecular weight is 397 g/mol. The van der Waals surface area contributed by atoms with E-state index in [-0.39, 0.29) is 0 Å². The average Bonchev–Trinajstić information content (AvgIpc) is 2.90. The van der Waals surface area contributed by atoms with Crippen LogP contribution in [0.5, 0.6) is 5.75 Å². The quantitative estimate of drug-likeness (QED) is 0.618. The molecule has 0 saturated heterocycles. The second kappa shape index (κ2) is 7.08. The van der Waals surface area contributed by atoms with E-state index in [4.69, 9.17) is 10.00 Å². The fourth-order valence-electron chi connectivity index (χ4n) is 2.88. The van der Waals surface area contributed by atoms with E-state index in [0.29, 0.717) is 17.9 Å². The maximum absolute atomic E-state index is 9.15. The van der Waals surface area contributed by atoms with Crippen molar-refractivity contribution in [3.8, 4) is 22.9 Å². The van der Waals surface area contributed by atoms with E-state index < -0.39 is 0 Å². The zero-order valence-electron chi connectivity index (χ0n) is 14.2. The maximum atomic E-state index is 9.15. The number of aromatic nitrogens is 3. The molecule has 2 heterocycles. The Morgan fingerprint density at radius 2 is 2.04 bits per heavy atom. The van der Waals surface area contributed by atoms with E-state index >= 15 is 0 Å². The molecule has 0 aliphatic carbocycles. The molecule has 126 valence electrons. The molecule has 0 spiro atoms. The summed E-state index contributed by atoms with van der Waals surface area (Å²) < 4.78 is 8.12. The highest BCUT2D eigenvalue weighted by molar-refractivity contribution is 9.10. The number of nitrogens with zero attached hydrogens (tertiary/aromatic N) is 4. The van der Waals surface area contributed by atoms with Gasteiger partial charge in [0, 0.05) is 17.5 Å². The molecule has 3 rings (SSSR count). The summed E-state index contributed by atoms with van der Waals surface area (Å²) in [6, 6.07) is 11.7. The van der Waals surface area contributed by atoms with Crippen molar-refractivity contribution >= 4 is 15.9 Å². The van der Waals surface area contributed by atoms with Crippen molar-refractivity contribution in [3.05, 3.63) is 63.6 Å². The lowest BCUT2D eigenvalue weighted by Gasteiger charge is -2.08. The van der Waals surface area contributed by atoms with Gasteiger partial charge in [0.15, 0.2) is 0 Å². The zero-order chi connectivity index (χ0) is 18.0. The summed E-state index contributed by atoms with van der Waals surface area (Å²) in [5, 5.41) is 13.8. The van der Waals surface area contributed by atoms with Crippen LogP contribution < -0.4 is 4.74 Å². The molecule has 6 heteroatoms. The van der Waals surface area contributed by atoms with Gasteiger partial charge in [-0.3, -0.25) is 4.68 Å². The smallest absolute Gasteiger partial charge is 0.137 e. The summed E-state index contributed by atoms with van der Waals surface area (Å²) in [6.45, 7) is 4.69. The van der Waals surface area contributed by atoms with Gasteiger partial charge in [0.05, 0.1) is 24.9 Å². The molecule has 3 aromatic rings. The molecular weight excluding hydrogens is 380 g/mol. The van der Waals surface area contributed by atoms with E-state index in [1.165, 1.54) is 0 Å². The van der Waals surface area contributed by atoms with Crippen LogP contribution in [0.1, 0.15) is 22.5 Å². The Labute approximate surface area is 155 Å². The Bertz CT molecular complexity index is 955. The highest BCUT2D eigenvalue weighted by atomic mass is 79.9. The van der Waals surface area contributed by atoms with Gasteiger partial charge in [0.25, 0.3) is 0 Å². The largest absolute Gasteiger partial charge is 0.495 e. The normalized spacial score (nSPS) is 10.5. The Morgan fingerprint density at radius 1 is 1.24 bits per heavy atom. The van der Waals surface area contributed by atoms with Gasteiger partial charge in [-0.05, 0) is 59.1 Å². The first-order chi connectivity index (χ1) is 12.0. The summed E-state index contributed by atoms with van der Waals surface area (Å²) >= 11 is 3.35. The maximum Gasteiger partial charge on any atom is 0.137 e. The molecule has 0 N–H and O–H groups in total.